The summed E-state index contributed by atoms with van der Waals surface area (Å²) in [4.78, 5) is 23.3. The Morgan fingerprint density at radius 2 is 2.00 bits per heavy atom. The first-order valence-electron chi connectivity index (χ1n) is 6.20. The van der Waals surface area contributed by atoms with Crippen LogP contribution in [-0.4, -0.2) is 18.0 Å². The molecule has 0 spiro atoms. The molecule has 0 aliphatic heterocycles. The van der Waals surface area contributed by atoms with Crippen LogP contribution in [0.4, 0.5) is 5.69 Å². The van der Waals surface area contributed by atoms with E-state index >= 15 is 0 Å². The minimum absolute atomic E-state index is 0.347. The summed E-state index contributed by atoms with van der Waals surface area (Å²) in [7, 11) is 0. The number of anilines is 1. The zero-order chi connectivity index (χ0) is 15.8. The number of hydrogen-bond donors (Lipinski definition) is 1. The predicted molar refractivity (Wildman–Crippen MR) is 84.6 cm³/mol. The lowest BCUT2D eigenvalue weighted by Crippen LogP contribution is -2.29. The molecule has 0 radical (unpaired) electrons. The number of halogens is 2. The van der Waals surface area contributed by atoms with E-state index in [1.54, 1.807) is 24.3 Å². The van der Waals surface area contributed by atoms with E-state index in [-0.39, 0.29) is 0 Å². The fourth-order valence-electron chi connectivity index (χ4n) is 1.34. The molecule has 1 N–H and O–H groups in total. The fourth-order valence-corrected chi connectivity index (χ4v) is 1.68. The van der Waals surface area contributed by atoms with Crippen LogP contribution >= 0.6 is 23.2 Å². The topological polar surface area (TPSA) is 55.4 Å². The molecular formula is C15H15Cl2NO3. The van der Waals surface area contributed by atoms with Crippen LogP contribution in [-0.2, 0) is 14.3 Å². The third-order valence-electron chi connectivity index (χ3n) is 2.38. The van der Waals surface area contributed by atoms with Crippen molar-refractivity contribution in [1.82, 2.24) is 0 Å². The second-order valence-corrected chi connectivity index (χ2v) is 4.92. The molecule has 0 saturated heterocycles. The van der Waals surface area contributed by atoms with Gasteiger partial charge in [0.15, 0.2) is 6.10 Å². The van der Waals surface area contributed by atoms with E-state index in [0.717, 1.165) is 0 Å². The number of carbonyl (C=O) groups excluding carboxylic acids is 2. The molecule has 0 unspecified atom stereocenters. The molecular weight excluding hydrogens is 313 g/mol. The van der Waals surface area contributed by atoms with Gasteiger partial charge < -0.3 is 10.1 Å². The van der Waals surface area contributed by atoms with E-state index in [0.29, 0.717) is 15.7 Å². The van der Waals surface area contributed by atoms with Crippen molar-refractivity contribution in [2.24, 2.45) is 0 Å². The molecule has 1 aromatic rings. The van der Waals surface area contributed by atoms with Crippen LogP contribution in [0.1, 0.15) is 13.8 Å². The number of amides is 1. The molecule has 1 atom stereocenters. The van der Waals surface area contributed by atoms with Crippen molar-refractivity contribution in [3.05, 3.63) is 52.5 Å². The van der Waals surface area contributed by atoms with Gasteiger partial charge in [-0.1, -0.05) is 41.4 Å². The highest BCUT2D eigenvalue weighted by molar-refractivity contribution is 6.35. The Balaban J connectivity index is 2.62. The van der Waals surface area contributed by atoms with Gasteiger partial charge in [-0.2, -0.15) is 0 Å². The van der Waals surface area contributed by atoms with Gasteiger partial charge in [0.05, 0.1) is 10.7 Å². The van der Waals surface area contributed by atoms with Crippen molar-refractivity contribution in [3.8, 4) is 0 Å². The van der Waals surface area contributed by atoms with Gasteiger partial charge >= 0.3 is 5.97 Å². The van der Waals surface area contributed by atoms with Gasteiger partial charge in [-0.25, -0.2) is 4.79 Å². The molecule has 4 nitrogen and oxygen atoms in total. The summed E-state index contributed by atoms with van der Waals surface area (Å²) in [6.45, 7) is 3.29. The van der Waals surface area contributed by atoms with E-state index in [1.165, 1.54) is 25.1 Å². The Hall–Kier alpha value is -1.78. The summed E-state index contributed by atoms with van der Waals surface area (Å²) in [5, 5.41) is 3.34. The van der Waals surface area contributed by atoms with Crippen molar-refractivity contribution in [2.45, 2.75) is 20.0 Å². The number of esters is 1. The standard InChI is InChI=1S/C15H15Cl2NO3/c1-3-4-5-6-14(19)21-10(2)15(20)18-13-9-11(16)7-8-12(13)17/h3-10H,1-2H3,(H,18,20)/b4-3+,6-5+/t10-/m1/s1. The van der Waals surface area contributed by atoms with Gasteiger partial charge in [-0.3, -0.25) is 4.79 Å². The zero-order valence-electron chi connectivity index (χ0n) is 11.6. The van der Waals surface area contributed by atoms with Gasteiger partial charge in [-0.15, -0.1) is 0 Å². The largest absolute Gasteiger partial charge is 0.449 e. The van der Waals surface area contributed by atoms with Crippen molar-refractivity contribution < 1.29 is 14.3 Å². The van der Waals surface area contributed by atoms with Crippen LogP contribution < -0.4 is 5.32 Å². The Labute approximate surface area is 133 Å². The van der Waals surface area contributed by atoms with Crippen LogP contribution in [0.2, 0.25) is 10.0 Å². The number of hydrogen-bond acceptors (Lipinski definition) is 3. The van der Waals surface area contributed by atoms with Gasteiger partial charge in [0, 0.05) is 11.1 Å². The fraction of sp³-hybridized carbons (Fsp3) is 0.200. The first kappa shape index (κ1) is 17.3. The molecule has 0 saturated carbocycles. The molecule has 1 rings (SSSR count). The van der Waals surface area contributed by atoms with E-state index < -0.39 is 18.0 Å². The minimum atomic E-state index is -0.956. The molecule has 21 heavy (non-hydrogen) atoms. The molecule has 0 aliphatic rings. The van der Waals surface area contributed by atoms with Crippen LogP contribution in [0.3, 0.4) is 0 Å². The molecule has 0 fully saturated rings. The van der Waals surface area contributed by atoms with Gasteiger partial charge in [-0.05, 0) is 32.0 Å². The molecule has 1 amide bonds. The molecule has 0 aliphatic carbocycles. The van der Waals surface area contributed by atoms with Crippen LogP contribution in [0.5, 0.6) is 0 Å². The molecule has 0 bridgehead atoms. The van der Waals surface area contributed by atoms with Crippen molar-refractivity contribution in [2.75, 3.05) is 5.32 Å². The molecule has 0 heterocycles. The SMILES string of the molecule is C/C=C/C=C/C(=O)O[C@H](C)C(=O)Nc1cc(Cl)ccc1Cl. The van der Waals surface area contributed by atoms with Crippen molar-refractivity contribution in [3.63, 3.8) is 0 Å². The molecule has 0 aromatic heterocycles. The Morgan fingerprint density at radius 3 is 2.67 bits per heavy atom. The third kappa shape index (κ3) is 6.02. The van der Waals surface area contributed by atoms with Crippen LogP contribution in [0.15, 0.2) is 42.5 Å². The van der Waals surface area contributed by atoms with E-state index in [9.17, 15) is 9.59 Å². The van der Waals surface area contributed by atoms with Gasteiger partial charge in [0.1, 0.15) is 0 Å². The van der Waals surface area contributed by atoms with Crippen LogP contribution in [0, 0.1) is 0 Å². The monoisotopic (exact) mass is 327 g/mol. The van der Waals surface area contributed by atoms with Crippen molar-refractivity contribution >= 4 is 40.8 Å². The number of carbonyl (C=O) groups is 2. The molecule has 112 valence electrons. The molecule has 6 heteroatoms. The summed E-state index contributed by atoms with van der Waals surface area (Å²) < 4.78 is 4.95. The van der Waals surface area contributed by atoms with E-state index in [1.807, 2.05) is 6.92 Å². The predicted octanol–water partition coefficient (Wildman–Crippen LogP) is 4.00. The molecule has 1 aromatic carbocycles. The van der Waals surface area contributed by atoms with Crippen LogP contribution in [0.25, 0.3) is 0 Å². The second-order valence-electron chi connectivity index (χ2n) is 4.08. The zero-order valence-corrected chi connectivity index (χ0v) is 13.1. The summed E-state index contributed by atoms with van der Waals surface area (Å²) in [6.07, 6.45) is 5.25. The highest BCUT2D eigenvalue weighted by Crippen LogP contribution is 2.25. The Bertz CT molecular complexity index is 582. The van der Waals surface area contributed by atoms with Gasteiger partial charge in [0.2, 0.25) is 0 Å². The maximum absolute atomic E-state index is 11.9. The maximum Gasteiger partial charge on any atom is 0.331 e. The minimum Gasteiger partial charge on any atom is -0.449 e. The lowest BCUT2D eigenvalue weighted by molar-refractivity contribution is -0.148. The smallest absolute Gasteiger partial charge is 0.331 e. The average Bonchev–Trinajstić information content (AvgIpc) is 2.43. The highest BCUT2D eigenvalue weighted by Gasteiger charge is 2.17. The number of nitrogens with one attached hydrogen (secondary N) is 1. The third-order valence-corrected chi connectivity index (χ3v) is 2.95. The normalized spacial score (nSPS) is 12.6. The van der Waals surface area contributed by atoms with E-state index in [4.69, 9.17) is 27.9 Å². The summed E-state index contributed by atoms with van der Waals surface area (Å²) in [5.41, 5.74) is 0.363. The maximum atomic E-state index is 11.9. The first-order valence-corrected chi connectivity index (χ1v) is 6.95. The first-order chi connectivity index (χ1) is 9.93. The number of allylic oxidation sites excluding steroid dienone is 3. The lowest BCUT2D eigenvalue weighted by atomic mass is 10.3. The summed E-state index contributed by atoms with van der Waals surface area (Å²) in [5.74, 6) is -1.10. The Kier molecular flexibility index (Phi) is 6.99. The second kappa shape index (κ2) is 8.49. The Morgan fingerprint density at radius 1 is 1.29 bits per heavy atom. The quantitative estimate of drug-likeness (QED) is 0.505. The van der Waals surface area contributed by atoms with E-state index in [2.05, 4.69) is 5.32 Å². The number of benzene rings is 1. The lowest BCUT2D eigenvalue weighted by Gasteiger charge is -2.13. The number of ether oxygens (including phenoxy) is 1. The average molecular weight is 328 g/mol. The van der Waals surface area contributed by atoms with Gasteiger partial charge in [0.25, 0.3) is 5.91 Å². The van der Waals surface area contributed by atoms with Crippen molar-refractivity contribution in [1.29, 1.82) is 0 Å². The summed E-state index contributed by atoms with van der Waals surface area (Å²) in [6, 6.07) is 4.69. The highest BCUT2D eigenvalue weighted by atomic mass is 35.5. The number of rotatable bonds is 5. The summed E-state index contributed by atoms with van der Waals surface area (Å²) >= 11 is 11.8.